The van der Waals surface area contributed by atoms with E-state index in [1.165, 1.54) is 6.20 Å². The molecule has 0 aliphatic carbocycles. The van der Waals surface area contributed by atoms with E-state index in [0.29, 0.717) is 5.69 Å². The third-order valence-corrected chi connectivity index (χ3v) is 1.78. The lowest BCUT2D eigenvalue weighted by Gasteiger charge is -2.02. The van der Waals surface area contributed by atoms with Gasteiger partial charge in [-0.1, -0.05) is 0 Å². The van der Waals surface area contributed by atoms with Crippen molar-refractivity contribution in [1.29, 1.82) is 0 Å². The van der Waals surface area contributed by atoms with E-state index in [2.05, 4.69) is 15.4 Å². The van der Waals surface area contributed by atoms with Crippen molar-refractivity contribution in [1.82, 2.24) is 14.8 Å². The third-order valence-electron chi connectivity index (χ3n) is 1.78. The van der Waals surface area contributed by atoms with Crippen molar-refractivity contribution in [3.8, 4) is 0 Å². The van der Waals surface area contributed by atoms with Crippen molar-refractivity contribution >= 4 is 11.5 Å². The van der Waals surface area contributed by atoms with Crippen LogP contribution < -0.4 is 5.32 Å². The fourth-order valence-electron chi connectivity index (χ4n) is 1.13. The van der Waals surface area contributed by atoms with Crippen LogP contribution >= 0.6 is 0 Å². The molecule has 0 amide bonds. The molecule has 2 heterocycles. The molecule has 0 atom stereocenters. The second-order valence-electron chi connectivity index (χ2n) is 3.01. The average molecular weight is 210 g/mol. The predicted molar refractivity (Wildman–Crippen MR) is 50.6 cm³/mol. The van der Waals surface area contributed by atoms with Crippen LogP contribution in [0.4, 0.5) is 20.3 Å². The van der Waals surface area contributed by atoms with Crippen molar-refractivity contribution in [3.63, 3.8) is 0 Å². The first-order valence-electron chi connectivity index (χ1n) is 4.22. The van der Waals surface area contributed by atoms with Gasteiger partial charge in [-0.3, -0.25) is 4.68 Å². The highest BCUT2D eigenvalue weighted by Crippen LogP contribution is 2.16. The first-order chi connectivity index (χ1) is 7.15. The highest BCUT2D eigenvalue weighted by molar-refractivity contribution is 5.54. The smallest absolute Gasteiger partial charge is 0.168 e. The monoisotopic (exact) mass is 210 g/mol. The van der Waals surface area contributed by atoms with Crippen LogP contribution in [0.15, 0.2) is 24.7 Å². The summed E-state index contributed by atoms with van der Waals surface area (Å²) in [5.74, 6) is -1.47. The lowest BCUT2D eigenvalue weighted by molar-refractivity contribution is 0.576. The van der Waals surface area contributed by atoms with Crippen LogP contribution in [0, 0.1) is 11.6 Å². The number of aryl methyl sites for hydroxylation is 1. The first-order valence-corrected chi connectivity index (χ1v) is 4.22. The molecule has 78 valence electrons. The molecule has 0 saturated heterocycles. The SMILES string of the molecule is Cn1cc(Nc2ncc(F)cc2F)cn1. The third kappa shape index (κ3) is 2.09. The molecule has 4 nitrogen and oxygen atoms in total. The molecular formula is C9H8F2N4. The van der Waals surface area contributed by atoms with E-state index in [0.717, 1.165) is 12.3 Å². The van der Waals surface area contributed by atoms with E-state index in [1.807, 2.05) is 0 Å². The Kier molecular flexibility index (Phi) is 2.32. The first kappa shape index (κ1) is 9.57. The van der Waals surface area contributed by atoms with Crippen molar-refractivity contribution in [2.75, 3.05) is 5.32 Å². The molecule has 0 aliphatic heterocycles. The second-order valence-corrected chi connectivity index (χ2v) is 3.01. The van der Waals surface area contributed by atoms with Crippen LogP contribution in [-0.2, 0) is 7.05 Å². The molecular weight excluding hydrogens is 202 g/mol. The molecule has 0 saturated carbocycles. The molecule has 0 bridgehead atoms. The number of rotatable bonds is 2. The van der Waals surface area contributed by atoms with E-state index < -0.39 is 11.6 Å². The summed E-state index contributed by atoms with van der Waals surface area (Å²) >= 11 is 0. The Morgan fingerprint density at radius 1 is 1.33 bits per heavy atom. The maximum atomic E-state index is 13.2. The van der Waals surface area contributed by atoms with Gasteiger partial charge in [0.2, 0.25) is 0 Å². The zero-order chi connectivity index (χ0) is 10.8. The number of anilines is 2. The van der Waals surface area contributed by atoms with Gasteiger partial charge in [-0.15, -0.1) is 0 Å². The van der Waals surface area contributed by atoms with Crippen LogP contribution in [0.1, 0.15) is 0 Å². The Hall–Kier alpha value is -1.98. The lowest BCUT2D eigenvalue weighted by atomic mass is 10.4. The summed E-state index contributed by atoms with van der Waals surface area (Å²) in [6, 6.07) is 0.770. The molecule has 0 aromatic carbocycles. The number of hydrogen-bond donors (Lipinski definition) is 1. The van der Waals surface area contributed by atoms with Gasteiger partial charge in [0.05, 0.1) is 18.1 Å². The van der Waals surface area contributed by atoms with Crippen LogP contribution in [0.25, 0.3) is 0 Å². The van der Waals surface area contributed by atoms with Gasteiger partial charge in [-0.25, -0.2) is 13.8 Å². The van der Waals surface area contributed by atoms with Gasteiger partial charge in [-0.2, -0.15) is 5.10 Å². The number of nitrogens with zero attached hydrogens (tertiary/aromatic N) is 3. The Bertz CT molecular complexity index is 481. The van der Waals surface area contributed by atoms with Crippen molar-refractivity contribution in [2.45, 2.75) is 0 Å². The molecule has 0 aliphatic rings. The number of nitrogens with one attached hydrogen (secondary N) is 1. The van der Waals surface area contributed by atoms with Crippen LogP contribution in [0.5, 0.6) is 0 Å². The Labute approximate surface area is 84.6 Å². The van der Waals surface area contributed by atoms with Gasteiger partial charge in [0, 0.05) is 19.3 Å². The van der Waals surface area contributed by atoms with E-state index in [4.69, 9.17) is 0 Å². The fourth-order valence-corrected chi connectivity index (χ4v) is 1.13. The molecule has 0 unspecified atom stereocenters. The minimum absolute atomic E-state index is 0.0237. The molecule has 0 radical (unpaired) electrons. The number of halogens is 2. The van der Waals surface area contributed by atoms with Gasteiger partial charge < -0.3 is 5.32 Å². The molecule has 2 aromatic rings. The zero-order valence-electron chi connectivity index (χ0n) is 7.91. The summed E-state index contributed by atoms with van der Waals surface area (Å²) in [7, 11) is 1.74. The molecule has 2 rings (SSSR count). The fraction of sp³-hybridized carbons (Fsp3) is 0.111. The molecule has 15 heavy (non-hydrogen) atoms. The highest BCUT2D eigenvalue weighted by Gasteiger charge is 2.06. The van der Waals surface area contributed by atoms with Gasteiger partial charge in [-0.05, 0) is 0 Å². The van der Waals surface area contributed by atoms with Crippen molar-refractivity contribution in [2.24, 2.45) is 7.05 Å². The molecule has 1 N–H and O–H groups in total. The predicted octanol–water partition coefficient (Wildman–Crippen LogP) is 1.84. The van der Waals surface area contributed by atoms with Gasteiger partial charge >= 0.3 is 0 Å². The summed E-state index contributed by atoms with van der Waals surface area (Å²) in [5, 5.41) is 6.57. The van der Waals surface area contributed by atoms with E-state index >= 15 is 0 Å². The Morgan fingerprint density at radius 3 is 2.73 bits per heavy atom. The summed E-state index contributed by atoms with van der Waals surface area (Å²) in [6.07, 6.45) is 4.12. The minimum Gasteiger partial charge on any atom is -0.335 e. The summed E-state index contributed by atoms with van der Waals surface area (Å²) in [6.45, 7) is 0. The second kappa shape index (κ2) is 3.64. The molecule has 0 fully saturated rings. The zero-order valence-corrected chi connectivity index (χ0v) is 7.91. The quantitative estimate of drug-likeness (QED) is 0.822. The summed E-state index contributed by atoms with van der Waals surface area (Å²) in [4.78, 5) is 3.58. The van der Waals surface area contributed by atoms with Crippen LogP contribution in [0.2, 0.25) is 0 Å². The van der Waals surface area contributed by atoms with Gasteiger partial charge in [0.25, 0.3) is 0 Å². The van der Waals surface area contributed by atoms with Crippen LogP contribution in [-0.4, -0.2) is 14.8 Å². The van der Waals surface area contributed by atoms with Gasteiger partial charge in [0.1, 0.15) is 5.82 Å². The average Bonchev–Trinajstić information content (AvgIpc) is 2.56. The minimum atomic E-state index is -0.737. The number of hydrogen-bond acceptors (Lipinski definition) is 3. The van der Waals surface area contributed by atoms with E-state index in [-0.39, 0.29) is 5.82 Å². The molecule has 0 spiro atoms. The summed E-state index contributed by atoms with van der Waals surface area (Å²) in [5.41, 5.74) is 0.593. The standard InChI is InChI=1S/C9H8F2N4/c1-15-5-7(4-13-15)14-9-8(11)2-6(10)3-12-9/h2-5H,1H3,(H,12,14). The van der Waals surface area contributed by atoms with Gasteiger partial charge in [0.15, 0.2) is 11.6 Å². The Morgan fingerprint density at radius 2 is 2.13 bits per heavy atom. The lowest BCUT2D eigenvalue weighted by Crippen LogP contribution is -1.97. The maximum Gasteiger partial charge on any atom is 0.168 e. The summed E-state index contributed by atoms with van der Waals surface area (Å²) < 4.78 is 27.3. The van der Waals surface area contributed by atoms with Crippen molar-refractivity contribution in [3.05, 3.63) is 36.3 Å². The largest absolute Gasteiger partial charge is 0.335 e. The molecule has 6 heteroatoms. The Balaban J connectivity index is 2.24. The molecule has 2 aromatic heterocycles. The number of pyridine rings is 1. The normalized spacial score (nSPS) is 10.3. The topological polar surface area (TPSA) is 42.7 Å². The number of aromatic nitrogens is 3. The van der Waals surface area contributed by atoms with E-state index in [9.17, 15) is 8.78 Å². The maximum absolute atomic E-state index is 13.2. The van der Waals surface area contributed by atoms with Crippen molar-refractivity contribution < 1.29 is 8.78 Å². The highest BCUT2D eigenvalue weighted by atomic mass is 19.1. The van der Waals surface area contributed by atoms with Crippen LogP contribution in [0.3, 0.4) is 0 Å². The van der Waals surface area contributed by atoms with E-state index in [1.54, 1.807) is 17.9 Å².